The zero-order valence-electron chi connectivity index (χ0n) is 16.8. The van der Waals surface area contributed by atoms with Gasteiger partial charge in [-0.25, -0.2) is 9.67 Å². The van der Waals surface area contributed by atoms with Crippen LogP contribution >= 0.6 is 0 Å². The van der Waals surface area contributed by atoms with Gasteiger partial charge in [-0.2, -0.15) is 26.3 Å². The minimum Gasteiger partial charge on any atom is -0.345 e. The minimum absolute atomic E-state index is 0.154. The van der Waals surface area contributed by atoms with Gasteiger partial charge in [0.2, 0.25) is 0 Å². The van der Waals surface area contributed by atoms with Gasteiger partial charge in [0.25, 0.3) is 5.91 Å². The molecule has 0 aliphatic heterocycles. The van der Waals surface area contributed by atoms with E-state index < -0.39 is 36.2 Å². The monoisotopic (exact) mass is 457 g/mol. The summed E-state index contributed by atoms with van der Waals surface area (Å²) < 4.78 is 80.0. The summed E-state index contributed by atoms with van der Waals surface area (Å²) in [6, 6.07) is 3.23. The fraction of sp³-hybridized carbons (Fsp3) is 0.300. The Labute approximate surface area is 178 Å². The van der Waals surface area contributed by atoms with E-state index in [9.17, 15) is 31.1 Å². The highest BCUT2D eigenvalue weighted by molar-refractivity contribution is 6.22. The average molecular weight is 457 g/mol. The lowest BCUT2D eigenvalue weighted by Gasteiger charge is -2.23. The maximum Gasteiger partial charge on any atom is 0.416 e. The maximum atomic E-state index is 13.2. The number of carbonyl (C=O) groups excluding carboxylic acids is 1. The van der Waals surface area contributed by atoms with E-state index in [2.05, 4.69) is 15.1 Å². The summed E-state index contributed by atoms with van der Waals surface area (Å²) in [4.78, 5) is 21.7. The third-order valence-electron chi connectivity index (χ3n) is 4.56. The molecule has 2 heterocycles. The van der Waals surface area contributed by atoms with Crippen LogP contribution in [0, 0.1) is 5.92 Å². The van der Waals surface area contributed by atoms with Crippen molar-refractivity contribution in [1.82, 2.24) is 24.6 Å². The van der Waals surface area contributed by atoms with Crippen molar-refractivity contribution >= 4 is 23.3 Å². The van der Waals surface area contributed by atoms with E-state index in [4.69, 9.17) is 0 Å². The van der Waals surface area contributed by atoms with Gasteiger partial charge in [0.1, 0.15) is 6.33 Å². The molecule has 0 radical (unpaired) electrons. The molecule has 0 saturated carbocycles. The number of amides is 1. The summed E-state index contributed by atoms with van der Waals surface area (Å²) in [5.41, 5.74) is -1.12. The lowest BCUT2D eigenvalue weighted by molar-refractivity contribution is -0.161. The fourth-order valence-electron chi connectivity index (χ4n) is 2.98. The van der Waals surface area contributed by atoms with E-state index in [1.54, 1.807) is 12.1 Å². The van der Waals surface area contributed by atoms with Gasteiger partial charge in [0.05, 0.1) is 17.1 Å². The van der Waals surface area contributed by atoms with Crippen molar-refractivity contribution in [1.29, 1.82) is 0 Å². The highest BCUT2D eigenvalue weighted by atomic mass is 19.4. The van der Waals surface area contributed by atoms with Crippen molar-refractivity contribution in [3.63, 3.8) is 0 Å². The molecule has 6 nitrogen and oxygen atoms in total. The number of halogens is 6. The number of allylic oxidation sites excluding steroid dienone is 4. The maximum absolute atomic E-state index is 13.2. The second-order valence-electron chi connectivity index (χ2n) is 7.17. The first-order valence-electron chi connectivity index (χ1n) is 9.18. The average Bonchev–Trinajstić information content (AvgIpc) is 3.19. The van der Waals surface area contributed by atoms with Crippen LogP contribution < -0.4 is 0 Å². The number of hydrogen-bond donors (Lipinski definition) is 0. The smallest absolute Gasteiger partial charge is 0.345 e. The SMILES string of the molecule is CN(C)C(=O)/C(=C\n1cnc(C2=CC(C(F)(F)F)=CC(C(F)(F)F)C2)n1)c1cccnc1. The van der Waals surface area contributed by atoms with Crippen LogP contribution in [0.4, 0.5) is 26.3 Å². The summed E-state index contributed by atoms with van der Waals surface area (Å²) in [5, 5.41) is 3.98. The van der Waals surface area contributed by atoms with Gasteiger partial charge in [0, 0.05) is 43.8 Å². The zero-order valence-corrected chi connectivity index (χ0v) is 16.8. The standard InChI is InChI=1S/C20H17F6N5O/c1-30(2)18(32)16(12-4-3-5-27-9-12)10-31-11-28-17(29-31)13-6-14(19(21,22)23)8-15(7-13)20(24,25)26/h3-6,8-11,15H,7H2,1-2H3/b16-10-. The predicted octanol–water partition coefficient (Wildman–Crippen LogP) is 4.21. The number of aromatic nitrogens is 4. The lowest BCUT2D eigenvalue weighted by atomic mass is 9.89. The summed E-state index contributed by atoms with van der Waals surface area (Å²) in [7, 11) is 3.04. The molecule has 2 aromatic rings. The Morgan fingerprint density at radius 2 is 1.94 bits per heavy atom. The van der Waals surface area contributed by atoms with E-state index in [1.165, 1.54) is 37.6 Å². The molecule has 0 saturated heterocycles. The highest BCUT2D eigenvalue weighted by Gasteiger charge is 2.44. The number of nitrogens with zero attached hydrogens (tertiary/aromatic N) is 5. The molecular weight excluding hydrogens is 440 g/mol. The van der Waals surface area contributed by atoms with E-state index in [0.29, 0.717) is 11.6 Å². The Hall–Kier alpha value is -3.44. The number of hydrogen-bond acceptors (Lipinski definition) is 4. The molecule has 2 aromatic heterocycles. The Kier molecular flexibility index (Phi) is 6.24. The largest absolute Gasteiger partial charge is 0.416 e. The Morgan fingerprint density at radius 1 is 1.22 bits per heavy atom. The van der Waals surface area contributed by atoms with Crippen molar-refractivity contribution in [3.8, 4) is 0 Å². The Balaban J connectivity index is 2.00. The third-order valence-corrected chi connectivity index (χ3v) is 4.56. The van der Waals surface area contributed by atoms with Gasteiger partial charge in [-0.1, -0.05) is 12.1 Å². The molecule has 32 heavy (non-hydrogen) atoms. The molecule has 170 valence electrons. The molecule has 12 heteroatoms. The molecule has 0 bridgehead atoms. The first kappa shape index (κ1) is 23.2. The van der Waals surface area contributed by atoms with E-state index in [1.807, 2.05) is 0 Å². The number of alkyl halides is 6. The van der Waals surface area contributed by atoms with Gasteiger partial charge in [-0.3, -0.25) is 9.78 Å². The van der Waals surface area contributed by atoms with Gasteiger partial charge in [0.15, 0.2) is 5.82 Å². The lowest BCUT2D eigenvalue weighted by Crippen LogP contribution is -2.26. The van der Waals surface area contributed by atoms with Crippen LogP contribution in [0.2, 0.25) is 0 Å². The molecule has 1 unspecified atom stereocenters. The van der Waals surface area contributed by atoms with Crippen LogP contribution in [0.1, 0.15) is 17.8 Å². The summed E-state index contributed by atoms with van der Waals surface area (Å²) in [5.74, 6) is -3.03. The summed E-state index contributed by atoms with van der Waals surface area (Å²) >= 11 is 0. The second-order valence-corrected chi connectivity index (χ2v) is 7.17. The molecule has 0 N–H and O–H groups in total. The molecule has 0 spiro atoms. The second kappa shape index (κ2) is 8.60. The molecule has 1 aliphatic carbocycles. The number of likely N-dealkylation sites (N-methyl/N-ethyl adjacent to an activating group) is 1. The van der Waals surface area contributed by atoms with Crippen molar-refractivity contribution in [3.05, 3.63) is 60.0 Å². The van der Waals surface area contributed by atoms with Gasteiger partial charge in [-0.15, -0.1) is 5.10 Å². The van der Waals surface area contributed by atoms with Crippen LogP contribution in [0.25, 0.3) is 17.3 Å². The summed E-state index contributed by atoms with van der Waals surface area (Å²) in [6.07, 6.45) is -4.45. The Morgan fingerprint density at radius 3 is 2.50 bits per heavy atom. The van der Waals surface area contributed by atoms with Gasteiger partial charge >= 0.3 is 12.4 Å². The zero-order chi connectivity index (χ0) is 23.7. The number of pyridine rings is 1. The fourth-order valence-corrected chi connectivity index (χ4v) is 2.98. The predicted molar refractivity (Wildman–Crippen MR) is 103 cm³/mol. The molecule has 1 atom stereocenters. The number of rotatable bonds is 4. The molecule has 0 fully saturated rings. The van der Waals surface area contributed by atoms with E-state index >= 15 is 0 Å². The molecule has 0 aromatic carbocycles. The minimum atomic E-state index is -4.96. The van der Waals surface area contributed by atoms with Crippen molar-refractivity contribution in [2.45, 2.75) is 18.8 Å². The Bertz CT molecular complexity index is 1080. The highest BCUT2D eigenvalue weighted by Crippen LogP contribution is 2.42. The van der Waals surface area contributed by atoms with Crippen LogP contribution in [-0.4, -0.2) is 57.0 Å². The molecule has 3 rings (SSSR count). The quantitative estimate of drug-likeness (QED) is 0.510. The van der Waals surface area contributed by atoms with E-state index in [0.717, 1.165) is 11.0 Å². The normalized spacial score (nSPS) is 17.6. The number of carbonyl (C=O) groups is 1. The van der Waals surface area contributed by atoms with Crippen molar-refractivity contribution in [2.75, 3.05) is 14.1 Å². The van der Waals surface area contributed by atoms with Gasteiger partial charge in [-0.05, 0) is 18.6 Å². The summed E-state index contributed by atoms with van der Waals surface area (Å²) in [6.45, 7) is 0. The molecule has 1 aliphatic rings. The first-order valence-corrected chi connectivity index (χ1v) is 9.18. The van der Waals surface area contributed by atoms with Crippen molar-refractivity contribution in [2.24, 2.45) is 5.92 Å². The van der Waals surface area contributed by atoms with Crippen LogP contribution in [-0.2, 0) is 4.79 Å². The topological polar surface area (TPSA) is 63.9 Å². The first-order chi connectivity index (χ1) is 14.9. The van der Waals surface area contributed by atoms with Crippen molar-refractivity contribution < 1.29 is 31.1 Å². The van der Waals surface area contributed by atoms with E-state index in [-0.39, 0.29) is 23.0 Å². The van der Waals surface area contributed by atoms with Gasteiger partial charge < -0.3 is 4.90 Å². The molecule has 1 amide bonds. The van der Waals surface area contributed by atoms with Crippen LogP contribution in [0.3, 0.4) is 0 Å². The van der Waals surface area contributed by atoms with Crippen LogP contribution in [0.15, 0.2) is 48.6 Å². The third kappa shape index (κ3) is 5.24. The van der Waals surface area contributed by atoms with Crippen LogP contribution in [0.5, 0.6) is 0 Å². The molecular formula is C20H17F6N5O.